The number of ether oxygens (including phenoxy) is 1. The summed E-state index contributed by atoms with van der Waals surface area (Å²) in [5, 5.41) is 0. The fourth-order valence-corrected chi connectivity index (χ4v) is 5.22. The molecule has 0 amide bonds. The van der Waals surface area contributed by atoms with Crippen molar-refractivity contribution in [3.8, 4) is 0 Å². The van der Waals surface area contributed by atoms with Crippen LogP contribution in [0.5, 0.6) is 0 Å². The molecule has 3 N–H and O–H groups in total. The summed E-state index contributed by atoms with van der Waals surface area (Å²) in [4.78, 5) is 16.5. The number of rotatable bonds is 8. The highest BCUT2D eigenvalue weighted by molar-refractivity contribution is 7.93. The van der Waals surface area contributed by atoms with Gasteiger partial charge >= 0.3 is 7.60 Å². The van der Waals surface area contributed by atoms with Crippen molar-refractivity contribution >= 4 is 17.7 Å². The molecule has 9 heteroatoms. The molecule has 2 rings (SSSR count). The Hall–Kier alpha value is -1.02. The lowest BCUT2D eigenvalue weighted by Crippen LogP contribution is -2.31. The van der Waals surface area contributed by atoms with E-state index in [1.54, 1.807) is 0 Å². The molecule has 1 aromatic rings. The molecule has 0 saturated heterocycles. The molecule has 0 saturated carbocycles. The largest absolute Gasteiger partial charge is 0.371 e. The Labute approximate surface area is 147 Å². The van der Waals surface area contributed by atoms with Gasteiger partial charge in [0, 0.05) is 6.42 Å². The molecule has 3 atom stereocenters. The first-order valence-electron chi connectivity index (χ1n) is 8.04. The molecular formula is C16H23O7PS. The third kappa shape index (κ3) is 6.66. The van der Waals surface area contributed by atoms with Crippen LogP contribution in [0.25, 0.3) is 0 Å². The molecular weight excluding hydrogens is 367 g/mol. The molecule has 0 spiro atoms. The summed E-state index contributed by atoms with van der Waals surface area (Å²) in [6.45, 7) is 0. The van der Waals surface area contributed by atoms with Crippen LogP contribution in [-0.2, 0) is 25.8 Å². The van der Waals surface area contributed by atoms with Crippen molar-refractivity contribution < 1.29 is 32.1 Å². The van der Waals surface area contributed by atoms with Crippen LogP contribution in [0.4, 0.5) is 0 Å². The van der Waals surface area contributed by atoms with E-state index in [4.69, 9.17) is 4.74 Å². The van der Waals surface area contributed by atoms with E-state index >= 15 is 0 Å². The van der Waals surface area contributed by atoms with Crippen LogP contribution < -0.4 is 0 Å². The topological polar surface area (TPSA) is 121 Å². The van der Waals surface area contributed by atoms with E-state index in [1.165, 1.54) is 0 Å². The van der Waals surface area contributed by atoms with Crippen LogP contribution in [0.2, 0.25) is 0 Å². The second-order valence-electron chi connectivity index (χ2n) is 6.14. The van der Waals surface area contributed by atoms with Crippen LogP contribution >= 0.6 is 7.60 Å². The Morgan fingerprint density at radius 2 is 1.92 bits per heavy atom. The van der Waals surface area contributed by atoms with Crippen molar-refractivity contribution in [2.45, 2.75) is 49.3 Å². The summed E-state index contributed by atoms with van der Waals surface area (Å²) in [5.74, 6) is 0. The zero-order chi connectivity index (χ0) is 18.5. The molecule has 0 bridgehead atoms. The molecule has 0 aliphatic heterocycles. The summed E-state index contributed by atoms with van der Waals surface area (Å²) in [7, 11) is -9.96. The van der Waals surface area contributed by atoms with Crippen LogP contribution in [0.3, 0.4) is 0 Å². The maximum Gasteiger partial charge on any atom is 0.346 e. The van der Waals surface area contributed by atoms with Gasteiger partial charge in [0.1, 0.15) is 0 Å². The normalized spacial score (nSPS) is 21.0. The second-order valence-corrected chi connectivity index (χ2v) is 9.89. The first-order valence-corrected chi connectivity index (χ1v) is 11.2. The van der Waals surface area contributed by atoms with Crippen molar-refractivity contribution in [3.63, 3.8) is 0 Å². The number of allylic oxidation sites excluding steroid dienone is 1. The molecule has 7 nitrogen and oxygen atoms in total. The maximum absolute atomic E-state index is 11.5. The minimum atomic E-state index is -5.05. The van der Waals surface area contributed by atoms with Crippen LogP contribution in [0.1, 0.15) is 31.2 Å². The highest BCUT2D eigenvalue weighted by Crippen LogP contribution is 2.46. The molecule has 1 aliphatic rings. The summed E-state index contributed by atoms with van der Waals surface area (Å²) < 4.78 is 49.6. The van der Waals surface area contributed by atoms with Crippen molar-refractivity contribution in [3.05, 3.63) is 48.0 Å². The molecule has 1 aromatic carbocycles. The lowest BCUT2D eigenvalue weighted by atomic mass is 10.0. The van der Waals surface area contributed by atoms with E-state index in [-0.39, 0.29) is 12.5 Å². The number of hydrogen-bond donors (Lipinski definition) is 3. The Morgan fingerprint density at radius 1 is 1.24 bits per heavy atom. The predicted molar refractivity (Wildman–Crippen MR) is 93.8 cm³/mol. The molecule has 0 aromatic heterocycles. The van der Waals surface area contributed by atoms with Gasteiger partial charge in [0.2, 0.25) is 0 Å². The highest BCUT2D eigenvalue weighted by atomic mass is 32.2. The van der Waals surface area contributed by atoms with Gasteiger partial charge in [-0.15, -0.1) is 0 Å². The van der Waals surface area contributed by atoms with Crippen molar-refractivity contribution in [2.75, 3.05) is 0 Å². The van der Waals surface area contributed by atoms with Crippen LogP contribution in [0, 0.1) is 0 Å². The molecule has 0 fully saturated rings. The average Bonchev–Trinajstić information content (AvgIpc) is 2.52. The van der Waals surface area contributed by atoms with E-state index < -0.39 is 35.2 Å². The minimum absolute atomic E-state index is 0.235. The molecule has 25 heavy (non-hydrogen) atoms. The highest BCUT2D eigenvalue weighted by Gasteiger charge is 2.42. The standard InChI is InChI=1S/C16H23O7PS/c17-24(18,19)16(25(20,21)22)12-15(11-13-7-3-1-4-8-13)23-14-9-5-2-6-10-14/h1,3-5,7-9,14-16H,2,6,10-12H2,(H2,17,18,19)(H,20,21,22). The minimum Gasteiger partial charge on any atom is -0.371 e. The number of benzene rings is 1. The molecule has 0 heterocycles. The van der Waals surface area contributed by atoms with Gasteiger partial charge in [0.15, 0.2) is 4.99 Å². The quantitative estimate of drug-likeness (QED) is 0.354. The van der Waals surface area contributed by atoms with E-state index in [1.807, 2.05) is 42.5 Å². The lowest BCUT2D eigenvalue weighted by Gasteiger charge is -2.27. The summed E-state index contributed by atoms with van der Waals surface area (Å²) in [6.07, 6.45) is 5.29. The zero-order valence-corrected chi connectivity index (χ0v) is 15.4. The Balaban J connectivity index is 2.21. The van der Waals surface area contributed by atoms with Gasteiger partial charge in [-0.25, -0.2) is 0 Å². The average molecular weight is 390 g/mol. The van der Waals surface area contributed by atoms with Crippen LogP contribution in [0.15, 0.2) is 42.5 Å². The van der Waals surface area contributed by atoms with Gasteiger partial charge in [-0.1, -0.05) is 42.5 Å². The summed E-state index contributed by atoms with van der Waals surface area (Å²) >= 11 is 0. The summed E-state index contributed by atoms with van der Waals surface area (Å²) in [6, 6.07) is 9.12. The number of hydrogen-bond acceptors (Lipinski definition) is 4. The summed E-state index contributed by atoms with van der Waals surface area (Å²) in [5.41, 5.74) is 0.854. The van der Waals surface area contributed by atoms with Gasteiger partial charge in [0.25, 0.3) is 10.1 Å². The SMILES string of the molecule is O=P(O)(O)C(CC(Cc1ccccc1)OC1C=CCCC1)S(=O)(=O)O. The van der Waals surface area contributed by atoms with Gasteiger partial charge < -0.3 is 14.5 Å². The lowest BCUT2D eigenvalue weighted by molar-refractivity contribution is 0.00321. The molecule has 3 unspecified atom stereocenters. The smallest absolute Gasteiger partial charge is 0.346 e. The van der Waals surface area contributed by atoms with E-state index in [2.05, 4.69) is 0 Å². The third-order valence-electron chi connectivity index (χ3n) is 4.07. The fourth-order valence-electron chi connectivity index (χ4n) is 2.86. The van der Waals surface area contributed by atoms with Crippen molar-refractivity contribution in [1.29, 1.82) is 0 Å². The predicted octanol–water partition coefficient (Wildman–Crippen LogP) is 2.50. The fraction of sp³-hybridized carbons (Fsp3) is 0.500. The Morgan fingerprint density at radius 3 is 2.44 bits per heavy atom. The first kappa shape index (κ1) is 20.3. The van der Waals surface area contributed by atoms with Gasteiger partial charge in [-0.2, -0.15) is 8.42 Å². The van der Waals surface area contributed by atoms with Gasteiger partial charge in [-0.3, -0.25) is 9.12 Å². The first-order chi connectivity index (χ1) is 11.7. The van der Waals surface area contributed by atoms with E-state index in [0.29, 0.717) is 0 Å². The second kappa shape index (κ2) is 8.58. The van der Waals surface area contributed by atoms with Crippen LogP contribution in [-0.4, -0.2) is 40.0 Å². The Bertz CT molecular complexity index is 726. The molecule has 0 radical (unpaired) electrons. The monoisotopic (exact) mass is 390 g/mol. The molecule has 140 valence electrons. The van der Waals surface area contributed by atoms with Crippen molar-refractivity contribution in [2.24, 2.45) is 0 Å². The maximum atomic E-state index is 11.5. The molecule has 1 aliphatic carbocycles. The van der Waals surface area contributed by atoms with Gasteiger partial charge in [0.05, 0.1) is 12.2 Å². The van der Waals surface area contributed by atoms with E-state index in [9.17, 15) is 27.3 Å². The zero-order valence-electron chi connectivity index (χ0n) is 13.6. The van der Waals surface area contributed by atoms with E-state index in [0.717, 1.165) is 24.8 Å². The third-order valence-corrected chi connectivity index (χ3v) is 7.53. The Kier molecular flexibility index (Phi) is 6.96. The van der Waals surface area contributed by atoms with Gasteiger partial charge in [-0.05, 0) is 31.2 Å². The van der Waals surface area contributed by atoms with Crippen molar-refractivity contribution in [1.82, 2.24) is 0 Å².